The van der Waals surface area contributed by atoms with Crippen molar-refractivity contribution >= 4 is 0 Å². The minimum atomic E-state index is -0.531. The fourth-order valence-corrected chi connectivity index (χ4v) is 2.09. The summed E-state index contributed by atoms with van der Waals surface area (Å²) in [6.45, 7) is 2.96. The van der Waals surface area contributed by atoms with Crippen molar-refractivity contribution in [2.24, 2.45) is 5.73 Å². The molecular formula is C14H18FN3O. The van der Waals surface area contributed by atoms with Gasteiger partial charge in [-0.2, -0.15) is 0 Å². The highest BCUT2D eigenvalue weighted by Gasteiger charge is 2.13. The van der Waals surface area contributed by atoms with Gasteiger partial charge in [-0.05, 0) is 12.5 Å². The molecule has 0 aliphatic heterocycles. The van der Waals surface area contributed by atoms with E-state index in [2.05, 4.69) is 0 Å². The Hall–Kier alpha value is -1.88. The molecule has 1 atom stereocenters. The number of rotatable bonds is 5. The van der Waals surface area contributed by atoms with Crippen LogP contribution in [0.25, 0.3) is 0 Å². The van der Waals surface area contributed by atoms with Crippen LogP contribution in [0, 0.1) is 5.82 Å². The van der Waals surface area contributed by atoms with E-state index in [1.54, 1.807) is 35.2 Å². The van der Waals surface area contributed by atoms with Crippen LogP contribution >= 0.6 is 0 Å². The summed E-state index contributed by atoms with van der Waals surface area (Å²) < 4.78 is 16.8. The third kappa shape index (κ3) is 2.93. The van der Waals surface area contributed by atoms with Crippen molar-refractivity contribution < 1.29 is 4.39 Å². The summed E-state index contributed by atoms with van der Waals surface area (Å²) in [5.74, 6) is -0.337. The first-order valence-corrected chi connectivity index (χ1v) is 6.39. The van der Waals surface area contributed by atoms with E-state index in [4.69, 9.17) is 5.73 Å². The molecule has 0 bridgehead atoms. The van der Waals surface area contributed by atoms with Crippen LogP contribution in [0.15, 0.2) is 41.5 Å². The molecule has 0 saturated carbocycles. The van der Waals surface area contributed by atoms with Gasteiger partial charge in [-0.3, -0.25) is 9.13 Å². The molecule has 0 spiro atoms. The Morgan fingerprint density at radius 1 is 1.26 bits per heavy atom. The van der Waals surface area contributed by atoms with Gasteiger partial charge < -0.3 is 5.73 Å². The van der Waals surface area contributed by atoms with E-state index < -0.39 is 6.04 Å². The molecule has 5 heteroatoms. The molecule has 1 aromatic carbocycles. The lowest BCUT2D eigenvalue weighted by molar-refractivity contribution is 0.513. The van der Waals surface area contributed by atoms with Crippen LogP contribution in [0.4, 0.5) is 4.39 Å². The van der Waals surface area contributed by atoms with Gasteiger partial charge in [-0.1, -0.05) is 25.1 Å². The van der Waals surface area contributed by atoms with Crippen molar-refractivity contribution in [2.45, 2.75) is 32.5 Å². The molecule has 0 aliphatic carbocycles. The van der Waals surface area contributed by atoms with Gasteiger partial charge in [-0.25, -0.2) is 9.18 Å². The number of aryl methyl sites for hydroxylation is 1. The van der Waals surface area contributed by atoms with Crippen molar-refractivity contribution in [3.8, 4) is 0 Å². The van der Waals surface area contributed by atoms with Gasteiger partial charge in [0, 0.05) is 31.0 Å². The van der Waals surface area contributed by atoms with Crippen LogP contribution in [-0.2, 0) is 13.1 Å². The Bertz CT molecular complexity index is 603. The highest BCUT2D eigenvalue weighted by Crippen LogP contribution is 2.15. The van der Waals surface area contributed by atoms with Gasteiger partial charge in [0.2, 0.25) is 0 Å². The van der Waals surface area contributed by atoms with Crippen LogP contribution in [0.1, 0.15) is 24.9 Å². The normalized spacial score (nSPS) is 12.6. The standard InChI is InChI=1S/C14H18FN3O/c1-2-7-17-8-9-18(14(17)19)10-13(16)11-5-3-4-6-12(11)15/h3-6,8-9,13H,2,7,10,16H2,1H3. The first kappa shape index (κ1) is 13.5. The summed E-state index contributed by atoms with van der Waals surface area (Å²) in [7, 11) is 0. The highest BCUT2D eigenvalue weighted by molar-refractivity contribution is 5.20. The van der Waals surface area contributed by atoms with E-state index in [0.29, 0.717) is 12.1 Å². The predicted octanol–water partition coefficient (Wildman–Crippen LogP) is 1.90. The van der Waals surface area contributed by atoms with Gasteiger partial charge in [-0.15, -0.1) is 0 Å². The molecule has 2 rings (SSSR count). The summed E-state index contributed by atoms with van der Waals surface area (Å²) in [5.41, 5.74) is 6.30. The number of nitrogens with zero attached hydrogens (tertiary/aromatic N) is 2. The second-order valence-electron chi connectivity index (χ2n) is 4.55. The zero-order chi connectivity index (χ0) is 13.8. The molecule has 0 aliphatic rings. The maximum absolute atomic E-state index is 13.6. The second-order valence-corrected chi connectivity index (χ2v) is 4.55. The fourth-order valence-electron chi connectivity index (χ4n) is 2.09. The number of benzene rings is 1. The second kappa shape index (κ2) is 5.84. The monoisotopic (exact) mass is 263 g/mol. The highest BCUT2D eigenvalue weighted by atomic mass is 19.1. The average molecular weight is 263 g/mol. The Balaban J connectivity index is 2.18. The topological polar surface area (TPSA) is 52.9 Å². The van der Waals surface area contributed by atoms with Gasteiger partial charge in [0.05, 0.1) is 6.04 Å². The quantitative estimate of drug-likeness (QED) is 0.895. The van der Waals surface area contributed by atoms with Crippen LogP contribution in [-0.4, -0.2) is 9.13 Å². The SMILES string of the molecule is CCCn1ccn(CC(N)c2ccccc2F)c1=O. The minimum absolute atomic E-state index is 0.103. The van der Waals surface area contributed by atoms with E-state index in [1.165, 1.54) is 10.6 Å². The van der Waals surface area contributed by atoms with Crippen LogP contribution < -0.4 is 11.4 Å². The first-order chi connectivity index (χ1) is 9.13. The van der Waals surface area contributed by atoms with E-state index in [-0.39, 0.29) is 18.1 Å². The number of imidazole rings is 1. The molecule has 102 valence electrons. The maximum Gasteiger partial charge on any atom is 0.328 e. The van der Waals surface area contributed by atoms with Crippen molar-refractivity contribution in [2.75, 3.05) is 0 Å². The lowest BCUT2D eigenvalue weighted by Crippen LogP contribution is -2.28. The van der Waals surface area contributed by atoms with Crippen molar-refractivity contribution in [1.82, 2.24) is 9.13 Å². The molecule has 19 heavy (non-hydrogen) atoms. The summed E-state index contributed by atoms with van der Waals surface area (Å²) >= 11 is 0. The summed E-state index contributed by atoms with van der Waals surface area (Å²) in [6.07, 6.45) is 4.32. The summed E-state index contributed by atoms with van der Waals surface area (Å²) in [6, 6.07) is 5.85. The number of aromatic nitrogens is 2. The molecule has 2 N–H and O–H groups in total. The van der Waals surface area contributed by atoms with Gasteiger partial charge in [0.15, 0.2) is 0 Å². The first-order valence-electron chi connectivity index (χ1n) is 6.39. The Labute approximate surface area is 111 Å². The third-order valence-electron chi connectivity index (χ3n) is 3.08. The average Bonchev–Trinajstić information content (AvgIpc) is 2.72. The van der Waals surface area contributed by atoms with Gasteiger partial charge >= 0.3 is 5.69 Å². The molecule has 1 heterocycles. The molecule has 0 fully saturated rings. The van der Waals surface area contributed by atoms with Crippen molar-refractivity contribution in [3.63, 3.8) is 0 Å². The molecule has 1 aromatic heterocycles. The predicted molar refractivity (Wildman–Crippen MR) is 72.3 cm³/mol. The lowest BCUT2D eigenvalue weighted by atomic mass is 10.1. The van der Waals surface area contributed by atoms with Crippen LogP contribution in [0.3, 0.4) is 0 Å². The van der Waals surface area contributed by atoms with Crippen LogP contribution in [0.2, 0.25) is 0 Å². The zero-order valence-corrected chi connectivity index (χ0v) is 10.9. The Morgan fingerprint density at radius 3 is 2.63 bits per heavy atom. The molecule has 2 aromatic rings. The lowest BCUT2D eigenvalue weighted by Gasteiger charge is -2.13. The molecular weight excluding hydrogens is 245 g/mol. The van der Waals surface area contributed by atoms with E-state index >= 15 is 0 Å². The van der Waals surface area contributed by atoms with Gasteiger partial charge in [0.1, 0.15) is 5.82 Å². The maximum atomic E-state index is 13.6. The van der Waals surface area contributed by atoms with Gasteiger partial charge in [0.25, 0.3) is 0 Å². The number of nitrogens with two attached hydrogens (primary N) is 1. The van der Waals surface area contributed by atoms with Crippen LogP contribution in [0.5, 0.6) is 0 Å². The fraction of sp³-hybridized carbons (Fsp3) is 0.357. The van der Waals surface area contributed by atoms with E-state index in [1.807, 2.05) is 6.92 Å². The molecule has 0 saturated heterocycles. The van der Waals surface area contributed by atoms with E-state index in [9.17, 15) is 9.18 Å². The number of halogens is 1. The molecule has 4 nitrogen and oxygen atoms in total. The largest absolute Gasteiger partial charge is 0.328 e. The molecule has 0 radical (unpaired) electrons. The third-order valence-corrected chi connectivity index (χ3v) is 3.08. The van der Waals surface area contributed by atoms with E-state index in [0.717, 1.165) is 6.42 Å². The smallest absolute Gasteiger partial charge is 0.322 e. The Morgan fingerprint density at radius 2 is 1.95 bits per heavy atom. The molecule has 0 amide bonds. The number of hydrogen-bond acceptors (Lipinski definition) is 2. The summed E-state index contributed by atoms with van der Waals surface area (Å²) in [5, 5.41) is 0. The molecule has 1 unspecified atom stereocenters. The van der Waals surface area contributed by atoms with Crippen molar-refractivity contribution in [1.29, 1.82) is 0 Å². The Kier molecular flexibility index (Phi) is 4.16. The van der Waals surface area contributed by atoms with Crippen molar-refractivity contribution in [3.05, 3.63) is 58.5 Å². The number of hydrogen-bond donors (Lipinski definition) is 1. The minimum Gasteiger partial charge on any atom is -0.322 e. The zero-order valence-electron chi connectivity index (χ0n) is 10.9. The summed E-state index contributed by atoms with van der Waals surface area (Å²) in [4.78, 5) is 12.0.